The number of carbonyl (C=O) groups is 3. The van der Waals surface area contributed by atoms with E-state index in [1.165, 1.54) is 6.92 Å². The van der Waals surface area contributed by atoms with E-state index in [4.69, 9.17) is 9.72 Å². The average Bonchev–Trinajstić information content (AvgIpc) is 3.32. The first-order valence-electron chi connectivity index (χ1n) is 16.1. The fourth-order valence-corrected chi connectivity index (χ4v) is 6.64. The Morgan fingerprint density at radius 3 is 2.33 bits per heavy atom. The van der Waals surface area contributed by atoms with E-state index in [1.807, 2.05) is 39.0 Å². The van der Waals surface area contributed by atoms with E-state index in [-0.39, 0.29) is 17.0 Å². The van der Waals surface area contributed by atoms with Gasteiger partial charge in [0.1, 0.15) is 11.4 Å². The first kappa shape index (κ1) is 35.0. The minimum atomic E-state index is -0.577. The lowest BCUT2D eigenvalue weighted by Gasteiger charge is -2.20. The summed E-state index contributed by atoms with van der Waals surface area (Å²) in [5.74, 6) is 0.883. The second-order valence-corrected chi connectivity index (χ2v) is 14.7. The molecule has 1 amide bonds. The zero-order valence-electron chi connectivity index (χ0n) is 28.4. The monoisotopic (exact) mass is 641 g/mol. The number of aromatic nitrogens is 2. The van der Waals surface area contributed by atoms with Gasteiger partial charge in [0, 0.05) is 26.4 Å². The largest absolute Gasteiger partial charge is 0.456 e. The van der Waals surface area contributed by atoms with Crippen LogP contribution in [0.4, 0.5) is 0 Å². The van der Waals surface area contributed by atoms with Crippen LogP contribution in [-0.2, 0) is 33.8 Å². The maximum atomic E-state index is 13.1. The van der Waals surface area contributed by atoms with Gasteiger partial charge in [0.25, 0.3) is 0 Å². The standard InChI is InChI=1S/C38H47N3O4S/c1-9-12-34-40-35-25(4)20-28(22-39-36(43)33(19-24(2)3)46-26(5)42)21-32(35)41(34)23-27-15-17-29(18-16-27)30-13-10-11-14-31(30)37(44)45-38(6,7)8/h10-11,13-18,20-21,24,33H,9,12,19,22-23H2,1-8H3,(H,39,43). The molecule has 0 aliphatic heterocycles. The molecule has 4 aromatic rings. The molecule has 0 fully saturated rings. The summed E-state index contributed by atoms with van der Waals surface area (Å²) in [7, 11) is 0. The van der Waals surface area contributed by atoms with Crippen LogP contribution >= 0.6 is 11.8 Å². The van der Waals surface area contributed by atoms with Crippen molar-refractivity contribution in [1.29, 1.82) is 0 Å². The van der Waals surface area contributed by atoms with Crippen molar-refractivity contribution in [2.24, 2.45) is 5.92 Å². The van der Waals surface area contributed by atoms with Crippen LogP contribution in [0.3, 0.4) is 0 Å². The van der Waals surface area contributed by atoms with Gasteiger partial charge in [0.2, 0.25) is 5.91 Å². The Kier molecular flexibility index (Phi) is 11.5. The number of hydrogen-bond donors (Lipinski definition) is 1. The molecule has 0 bridgehead atoms. The lowest BCUT2D eigenvalue weighted by molar-refractivity contribution is -0.121. The summed E-state index contributed by atoms with van der Waals surface area (Å²) in [5.41, 5.74) is 6.91. The number of rotatable bonds is 12. The van der Waals surface area contributed by atoms with Gasteiger partial charge in [-0.25, -0.2) is 9.78 Å². The van der Waals surface area contributed by atoms with Gasteiger partial charge in [0.05, 0.1) is 21.8 Å². The van der Waals surface area contributed by atoms with Gasteiger partial charge in [-0.3, -0.25) is 9.59 Å². The highest BCUT2D eigenvalue weighted by Crippen LogP contribution is 2.28. The van der Waals surface area contributed by atoms with Gasteiger partial charge in [-0.05, 0) is 86.4 Å². The fraction of sp³-hybridized carbons (Fsp3) is 0.421. The number of thioether (sulfide) groups is 1. The van der Waals surface area contributed by atoms with Crippen LogP contribution in [0.1, 0.15) is 94.2 Å². The minimum absolute atomic E-state index is 0.0503. The van der Waals surface area contributed by atoms with Gasteiger partial charge < -0.3 is 14.6 Å². The quantitative estimate of drug-likeness (QED) is 0.157. The number of nitrogens with one attached hydrogen (secondary N) is 1. The predicted molar refractivity (Wildman–Crippen MR) is 188 cm³/mol. The van der Waals surface area contributed by atoms with Crippen LogP contribution in [0.25, 0.3) is 22.2 Å². The summed E-state index contributed by atoms with van der Waals surface area (Å²) < 4.78 is 7.93. The normalized spacial score (nSPS) is 12.4. The number of imidazole rings is 1. The Morgan fingerprint density at radius 1 is 1.00 bits per heavy atom. The number of esters is 1. The Labute approximate surface area is 277 Å². The molecule has 0 spiro atoms. The van der Waals surface area contributed by atoms with Crippen molar-refractivity contribution in [1.82, 2.24) is 14.9 Å². The van der Waals surface area contributed by atoms with Crippen molar-refractivity contribution in [3.63, 3.8) is 0 Å². The van der Waals surface area contributed by atoms with Gasteiger partial charge in [0.15, 0.2) is 5.12 Å². The topological polar surface area (TPSA) is 90.3 Å². The summed E-state index contributed by atoms with van der Waals surface area (Å²) in [6.45, 7) is 16.5. The molecular formula is C38H47N3O4S. The summed E-state index contributed by atoms with van der Waals surface area (Å²) in [4.78, 5) is 42.8. The third-order valence-electron chi connectivity index (χ3n) is 7.56. The molecule has 1 atom stereocenters. The molecule has 0 aliphatic carbocycles. The van der Waals surface area contributed by atoms with E-state index in [0.717, 1.165) is 69.3 Å². The van der Waals surface area contributed by atoms with E-state index >= 15 is 0 Å². The maximum absolute atomic E-state index is 13.1. The van der Waals surface area contributed by atoms with Crippen LogP contribution < -0.4 is 5.32 Å². The number of benzene rings is 3. The number of hydrogen-bond acceptors (Lipinski definition) is 6. The third kappa shape index (κ3) is 9.09. The second kappa shape index (κ2) is 15.1. The number of ether oxygens (including phenoxy) is 1. The molecule has 3 aromatic carbocycles. The highest BCUT2D eigenvalue weighted by molar-refractivity contribution is 8.14. The summed E-state index contributed by atoms with van der Waals surface area (Å²) in [6, 6.07) is 20.0. The van der Waals surface area contributed by atoms with Gasteiger partial charge in [-0.15, -0.1) is 0 Å². The van der Waals surface area contributed by atoms with Crippen LogP contribution in [0.15, 0.2) is 60.7 Å². The van der Waals surface area contributed by atoms with Crippen molar-refractivity contribution in [3.8, 4) is 11.1 Å². The first-order valence-corrected chi connectivity index (χ1v) is 17.0. The average molecular weight is 642 g/mol. The maximum Gasteiger partial charge on any atom is 0.339 e. The molecule has 1 unspecified atom stereocenters. The summed E-state index contributed by atoms with van der Waals surface area (Å²) in [6.07, 6.45) is 2.46. The van der Waals surface area contributed by atoms with Gasteiger partial charge in [-0.1, -0.05) is 81.1 Å². The van der Waals surface area contributed by atoms with E-state index in [9.17, 15) is 14.4 Å². The number of amides is 1. The molecule has 1 aromatic heterocycles. The molecule has 0 aliphatic rings. The van der Waals surface area contributed by atoms with Crippen molar-refractivity contribution < 1.29 is 19.1 Å². The second-order valence-electron chi connectivity index (χ2n) is 13.3. The fourth-order valence-electron chi connectivity index (χ4n) is 5.57. The lowest BCUT2D eigenvalue weighted by Crippen LogP contribution is -2.33. The predicted octanol–water partition coefficient (Wildman–Crippen LogP) is 8.28. The van der Waals surface area contributed by atoms with E-state index < -0.39 is 10.9 Å². The van der Waals surface area contributed by atoms with Gasteiger partial charge >= 0.3 is 5.97 Å². The molecule has 46 heavy (non-hydrogen) atoms. The van der Waals surface area contributed by atoms with Crippen LogP contribution in [0.5, 0.6) is 0 Å². The molecule has 0 saturated carbocycles. The molecule has 8 heteroatoms. The zero-order chi connectivity index (χ0) is 33.6. The molecule has 244 valence electrons. The summed E-state index contributed by atoms with van der Waals surface area (Å²) in [5, 5.41) is 2.62. The Hall–Kier alpha value is -3.91. The lowest BCUT2D eigenvalue weighted by atomic mass is 9.98. The third-order valence-corrected chi connectivity index (χ3v) is 8.58. The Bertz CT molecular complexity index is 1700. The molecule has 1 N–H and O–H groups in total. The highest BCUT2D eigenvalue weighted by atomic mass is 32.2. The van der Waals surface area contributed by atoms with Crippen LogP contribution in [-0.4, -0.2) is 37.4 Å². The molecule has 4 rings (SSSR count). The number of nitrogens with zero attached hydrogens (tertiary/aromatic N) is 2. The Morgan fingerprint density at radius 2 is 1.70 bits per heavy atom. The number of carbonyl (C=O) groups excluding carboxylic acids is 3. The number of fused-ring (bicyclic) bond motifs is 1. The highest BCUT2D eigenvalue weighted by Gasteiger charge is 2.23. The van der Waals surface area contributed by atoms with Crippen molar-refractivity contribution in [2.75, 3.05) is 0 Å². The molecule has 0 saturated heterocycles. The van der Waals surface area contributed by atoms with E-state index in [1.54, 1.807) is 6.07 Å². The molecule has 1 heterocycles. The van der Waals surface area contributed by atoms with Crippen LogP contribution in [0, 0.1) is 12.8 Å². The van der Waals surface area contributed by atoms with E-state index in [2.05, 4.69) is 74.0 Å². The SMILES string of the molecule is CCCc1nc2c(C)cc(CNC(=O)C(CC(C)C)SC(C)=O)cc2n1Cc1ccc(-c2ccccc2C(=O)OC(C)(C)C)cc1. The van der Waals surface area contributed by atoms with E-state index in [0.29, 0.717) is 31.0 Å². The van der Waals surface area contributed by atoms with Crippen molar-refractivity contribution in [3.05, 3.63) is 88.7 Å². The van der Waals surface area contributed by atoms with Gasteiger partial charge in [-0.2, -0.15) is 0 Å². The van der Waals surface area contributed by atoms with Crippen molar-refractivity contribution in [2.45, 2.75) is 98.6 Å². The van der Waals surface area contributed by atoms with Crippen molar-refractivity contribution >= 4 is 39.8 Å². The molecule has 0 radical (unpaired) electrons. The molecular weight excluding hydrogens is 595 g/mol. The summed E-state index contributed by atoms with van der Waals surface area (Å²) >= 11 is 1.10. The smallest absolute Gasteiger partial charge is 0.339 e. The van der Waals surface area contributed by atoms with Crippen LogP contribution in [0.2, 0.25) is 0 Å². The molecule has 7 nitrogen and oxygen atoms in total. The Balaban J connectivity index is 1.60. The number of aryl methyl sites for hydroxylation is 2. The zero-order valence-corrected chi connectivity index (χ0v) is 29.2. The first-order chi connectivity index (χ1) is 21.8. The minimum Gasteiger partial charge on any atom is -0.456 e.